The van der Waals surface area contributed by atoms with Crippen molar-refractivity contribution in [3.63, 3.8) is 0 Å². The lowest BCUT2D eigenvalue weighted by atomic mass is 10.1. The van der Waals surface area contributed by atoms with Crippen LogP contribution in [-0.4, -0.2) is 30.4 Å². The summed E-state index contributed by atoms with van der Waals surface area (Å²) in [6.45, 7) is 3.67. The van der Waals surface area contributed by atoms with Crippen LogP contribution in [0.2, 0.25) is 0 Å². The first-order valence-electron chi connectivity index (χ1n) is 7.00. The second-order valence-electron chi connectivity index (χ2n) is 4.50. The van der Waals surface area contributed by atoms with Crippen LogP contribution < -0.4 is 0 Å². The Morgan fingerprint density at radius 1 is 1.05 bits per heavy atom. The molecule has 1 aromatic carbocycles. The Balaban J connectivity index is 2.69. The van der Waals surface area contributed by atoms with E-state index < -0.39 is 18.0 Å². The maximum atomic E-state index is 12.0. The van der Waals surface area contributed by atoms with Crippen LogP contribution in [0, 0.1) is 0 Å². The summed E-state index contributed by atoms with van der Waals surface area (Å²) in [5.74, 6) is -1.09. The standard InChI is InChI=1S/C16H20O5/c1-3-13(17)10-14(11-15(18)20-4-2)21-16(19)12-8-6-5-7-9-12/h5-9,14H,3-4,10-11H2,1-2H3. The summed E-state index contributed by atoms with van der Waals surface area (Å²) in [4.78, 5) is 35.0. The second kappa shape index (κ2) is 8.89. The van der Waals surface area contributed by atoms with Crippen molar-refractivity contribution in [3.05, 3.63) is 35.9 Å². The molecule has 0 aromatic heterocycles. The van der Waals surface area contributed by atoms with Gasteiger partial charge >= 0.3 is 11.9 Å². The van der Waals surface area contributed by atoms with Gasteiger partial charge in [-0.1, -0.05) is 25.1 Å². The van der Waals surface area contributed by atoms with Crippen molar-refractivity contribution in [2.24, 2.45) is 0 Å². The summed E-state index contributed by atoms with van der Waals surface area (Å²) in [5.41, 5.74) is 0.385. The van der Waals surface area contributed by atoms with Crippen molar-refractivity contribution in [3.8, 4) is 0 Å². The molecule has 1 rings (SSSR count). The minimum atomic E-state index is -0.788. The molecule has 0 aliphatic heterocycles. The van der Waals surface area contributed by atoms with Crippen LogP contribution in [-0.2, 0) is 19.1 Å². The van der Waals surface area contributed by atoms with E-state index in [9.17, 15) is 14.4 Å². The lowest BCUT2D eigenvalue weighted by molar-refractivity contribution is -0.145. The number of Topliss-reactive ketones (excluding diaryl/α,β-unsaturated/α-hetero) is 1. The van der Waals surface area contributed by atoms with Gasteiger partial charge in [0.2, 0.25) is 0 Å². The largest absolute Gasteiger partial charge is 0.466 e. The normalized spacial score (nSPS) is 11.5. The SMILES string of the molecule is CCOC(=O)CC(CC(=O)CC)OC(=O)c1ccccc1. The third-order valence-corrected chi connectivity index (χ3v) is 2.83. The van der Waals surface area contributed by atoms with Crippen molar-refractivity contribution in [1.82, 2.24) is 0 Å². The third-order valence-electron chi connectivity index (χ3n) is 2.83. The number of esters is 2. The molecule has 0 N–H and O–H groups in total. The van der Waals surface area contributed by atoms with E-state index >= 15 is 0 Å². The Morgan fingerprint density at radius 2 is 1.71 bits per heavy atom. The molecule has 0 radical (unpaired) electrons. The zero-order valence-electron chi connectivity index (χ0n) is 12.3. The maximum Gasteiger partial charge on any atom is 0.338 e. The van der Waals surface area contributed by atoms with Crippen LogP contribution in [0.5, 0.6) is 0 Å². The molecule has 0 aliphatic carbocycles. The topological polar surface area (TPSA) is 69.7 Å². The summed E-state index contributed by atoms with van der Waals surface area (Å²) in [7, 11) is 0. The molecule has 0 heterocycles. The Bertz CT molecular complexity index is 481. The fourth-order valence-corrected chi connectivity index (χ4v) is 1.75. The van der Waals surface area contributed by atoms with Gasteiger partial charge in [-0.2, -0.15) is 0 Å². The summed E-state index contributed by atoms with van der Waals surface area (Å²) < 4.78 is 10.1. The van der Waals surface area contributed by atoms with Gasteiger partial charge in [0, 0.05) is 12.8 Å². The van der Waals surface area contributed by atoms with Crippen molar-refractivity contribution in [1.29, 1.82) is 0 Å². The average molecular weight is 292 g/mol. The molecule has 0 aliphatic rings. The summed E-state index contributed by atoms with van der Waals surface area (Å²) in [6.07, 6.45) is -0.543. The van der Waals surface area contributed by atoms with Crippen LogP contribution in [0.15, 0.2) is 30.3 Å². The molecule has 0 fully saturated rings. The van der Waals surface area contributed by atoms with Gasteiger partial charge in [-0.3, -0.25) is 9.59 Å². The zero-order chi connectivity index (χ0) is 15.7. The van der Waals surface area contributed by atoms with Gasteiger partial charge in [0.1, 0.15) is 11.9 Å². The van der Waals surface area contributed by atoms with E-state index in [0.29, 0.717) is 12.0 Å². The molecule has 1 aromatic rings. The number of hydrogen-bond donors (Lipinski definition) is 0. The predicted octanol–water partition coefficient (Wildman–Crippen LogP) is 2.53. The van der Waals surface area contributed by atoms with E-state index in [0.717, 1.165) is 0 Å². The molecule has 21 heavy (non-hydrogen) atoms. The molecule has 0 saturated carbocycles. The number of carbonyl (C=O) groups excluding carboxylic acids is 3. The molecule has 0 bridgehead atoms. The van der Waals surface area contributed by atoms with Gasteiger partial charge in [0.05, 0.1) is 18.6 Å². The van der Waals surface area contributed by atoms with E-state index in [-0.39, 0.29) is 25.2 Å². The van der Waals surface area contributed by atoms with E-state index in [4.69, 9.17) is 9.47 Å². The number of carbonyl (C=O) groups is 3. The first-order valence-corrected chi connectivity index (χ1v) is 7.00. The zero-order valence-corrected chi connectivity index (χ0v) is 12.3. The molecule has 1 atom stereocenters. The Hall–Kier alpha value is -2.17. The average Bonchev–Trinajstić information content (AvgIpc) is 2.48. The van der Waals surface area contributed by atoms with E-state index in [1.54, 1.807) is 44.2 Å². The second-order valence-corrected chi connectivity index (χ2v) is 4.50. The summed E-state index contributed by atoms with van der Waals surface area (Å²) in [6, 6.07) is 8.45. The first kappa shape index (κ1) is 16.9. The Labute approximate surface area is 124 Å². The Kier molecular flexibility index (Phi) is 7.15. The van der Waals surface area contributed by atoms with Crippen LogP contribution >= 0.6 is 0 Å². The lowest BCUT2D eigenvalue weighted by Gasteiger charge is -2.16. The minimum Gasteiger partial charge on any atom is -0.466 e. The number of benzene rings is 1. The highest BCUT2D eigenvalue weighted by Crippen LogP contribution is 2.12. The highest BCUT2D eigenvalue weighted by atomic mass is 16.6. The monoisotopic (exact) mass is 292 g/mol. The summed E-state index contributed by atoms with van der Waals surface area (Å²) >= 11 is 0. The van der Waals surface area contributed by atoms with E-state index in [1.165, 1.54) is 0 Å². The van der Waals surface area contributed by atoms with E-state index in [1.807, 2.05) is 0 Å². The van der Waals surface area contributed by atoms with Crippen molar-refractivity contribution in [2.45, 2.75) is 39.2 Å². The first-order chi connectivity index (χ1) is 10.1. The van der Waals surface area contributed by atoms with Crippen molar-refractivity contribution in [2.75, 3.05) is 6.61 Å². The highest BCUT2D eigenvalue weighted by Gasteiger charge is 2.22. The number of rotatable bonds is 8. The molecule has 0 spiro atoms. The van der Waals surface area contributed by atoms with Gasteiger partial charge < -0.3 is 9.47 Å². The fourth-order valence-electron chi connectivity index (χ4n) is 1.75. The van der Waals surface area contributed by atoms with Gasteiger partial charge in [0.15, 0.2) is 0 Å². The Morgan fingerprint density at radius 3 is 2.29 bits per heavy atom. The molecule has 5 heteroatoms. The van der Waals surface area contributed by atoms with Crippen LogP contribution in [0.25, 0.3) is 0 Å². The third kappa shape index (κ3) is 6.21. The van der Waals surface area contributed by atoms with Crippen LogP contribution in [0.4, 0.5) is 0 Å². The minimum absolute atomic E-state index is 0.0217. The van der Waals surface area contributed by atoms with E-state index in [2.05, 4.69) is 0 Å². The predicted molar refractivity (Wildman–Crippen MR) is 76.8 cm³/mol. The molecule has 114 valence electrons. The van der Waals surface area contributed by atoms with Gasteiger partial charge in [0.25, 0.3) is 0 Å². The lowest BCUT2D eigenvalue weighted by Crippen LogP contribution is -2.25. The van der Waals surface area contributed by atoms with Crippen molar-refractivity contribution < 1.29 is 23.9 Å². The van der Waals surface area contributed by atoms with Crippen LogP contribution in [0.1, 0.15) is 43.5 Å². The number of ketones is 1. The molecule has 5 nitrogen and oxygen atoms in total. The molecule has 0 amide bonds. The number of hydrogen-bond acceptors (Lipinski definition) is 5. The molecule has 0 saturated heterocycles. The maximum absolute atomic E-state index is 12.0. The van der Waals surface area contributed by atoms with Crippen molar-refractivity contribution >= 4 is 17.7 Å². The van der Waals surface area contributed by atoms with Gasteiger partial charge in [-0.15, -0.1) is 0 Å². The van der Waals surface area contributed by atoms with Crippen LogP contribution in [0.3, 0.4) is 0 Å². The van der Waals surface area contributed by atoms with Gasteiger partial charge in [-0.25, -0.2) is 4.79 Å². The quantitative estimate of drug-likeness (QED) is 0.689. The fraction of sp³-hybridized carbons (Fsp3) is 0.438. The molecular formula is C16H20O5. The van der Waals surface area contributed by atoms with Gasteiger partial charge in [-0.05, 0) is 19.1 Å². The smallest absolute Gasteiger partial charge is 0.338 e. The summed E-state index contributed by atoms with van der Waals surface area (Å²) in [5, 5.41) is 0. The molecular weight excluding hydrogens is 272 g/mol. The molecule has 1 unspecified atom stereocenters. The highest BCUT2D eigenvalue weighted by molar-refractivity contribution is 5.90. The number of ether oxygens (including phenoxy) is 2.